The second kappa shape index (κ2) is 7.36. The van der Waals surface area contributed by atoms with Crippen LogP contribution in [0.2, 0.25) is 0 Å². The van der Waals surface area contributed by atoms with E-state index in [4.69, 9.17) is 0 Å². The predicted octanol–water partition coefficient (Wildman–Crippen LogP) is -1.74. The van der Waals surface area contributed by atoms with Gasteiger partial charge in [-0.3, -0.25) is 9.59 Å². The first-order chi connectivity index (χ1) is 9.65. The van der Waals surface area contributed by atoms with Gasteiger partial charge in [-0.05, 0) is 41.5 Å². The van der Waals surface area contributed by atoms with Crippen LogP contribution in [0.5, 0.6) is 0 Å². The van der Waals surface area contributed by atoms with Gasteiger partial charge in [0.15, 0.2) is 12.2 Å². The van der Waals surface area contributed by atoms with Gasteiger partial charge in [0, 0.05) is 11.1 Å². The van der Waals surface area contributed by atoms with Crippen LogP contribution in [0.3, 0.4) is 0 Å². The molecule has 0 rings (SSSR count). The first-order valence-electron chi connectivity index (χ1n) is 7.02. The number of hydrogen-bond acceptors (Lipinski definition) is 6. The average Bonchev–Trinajstić information content (AvgIpc) is 2.30. The molecule has 0 aliphatic rings. The van der Waals surface area contributed by atoms with Gasteiger partial charge in [0.2, 0.25) is 0 Å². The molecule has 130 valence electrons. The molecular formula is C14H28N2O6. The van der Waals surface area contributed by atoms with Crippen LogP contribution in [0.1, 0.15) is 41.5 Å². The lowest BCUT2D eigenvalue weighted by Gasteiger charge is -2.29. The average molecular weight is 320 g/mol. The Morgan fingerprint density at radius 1 is 0.682 bits per heavy atom. The minimum absolute atomic E-state index is 0.648. The highest BCUT2D eigenvalue weighted by Gasteiger charge is 2.38. The third-order valence-corrected chi connectivity index (χ3v) is 2.53. The second-order valence-corrected chi connectivity index (χ2v) is 7.35. The van der Waals surface area contributed by atoms with Crippen LogP contribution in [0.4, 0.5) is 0 Å². The molecule has 0 aromatic heterocycles. The van der Waals surface area contributed by atoms with Crippen LogP contribution in [-0.2, 0) is 9.59 Å². The summed E-state index contributed by atoms with van der Waals surface area (Å²) >= 11 is 0. The lowest BCUT2D eigenvalue weighted by molar-refractivity contribution is -0.157. The van der Waals surface area contributed by atoms with Crippen LogP contribution in [0.15, 0.2) is 0 Å². The van der Waals surface area contributed by atoms with E-state index < -0.39 is 47.3 Å². The van der Waals surface area contributed by atoms with Gasteiger partial charge in [-0.2, -0.15) is 0 Å². The lowest BCUT2D eigenvalue weighted by atomic mass is 9.99. The van der Waals surface area contributed by atoms with Gasteiger partial charge in [0.25, 0.3) is 11.8 Å². The van der Waals surface area contributed by atoms with Crippen molar-refractivity contribution >= 4 is 11.8 Å². The summed E-state index contributed by atoms with van der Waals surface area (Å²) in [7, 11) is 0. The number of aliphatic hydroxyl groups is 4. The topological polar surface area (TPSA) is 139 Å². The molecule has 0 aromatic carbocycles. The third kappa shape index (κ3) is 7.17. The van der Waals surface area contributed by atoms with Crippen molar-refractivity contribution in [1.29, 1.82) is 0 Å². The van der Waals surface area contributed by atoms with Gasteiger partial charge < -0.3 is 31.1 Å². The number of carbonyl (C=O) groups excluding carboxylic acids is 2. The molecule has 0 bridgehead atoms. The molecule has 0 unspecified atom stereocenters. The van der Waals surface area contributed by atoms with Crippen molar-refractivity contribution in [3.8, 4) is 0 Å². The minimum Gasteiger partial charge on any atom is -0.387 e. The van der Waals surface area contributed by atoms with E-state index in [2.05, 4.69) is 10.6 Å². The van der Waals surface area contributed by atoms with Gasteiger partial charge in [-0.15, -0.1) is 0 Å². The molecule has 0 aliphatic carbocycles. The highest BCUT2D eigenvalue weighted by Crippen LogP contribution is 2.09. The minimum atomic E-state index is -2.01. The lowest BCUT2D eigenvalue weighted by Crippen LogP contribution is -2.57. The summed E-state index contributed by atoms with van der Waals surface area (Å²) in [6.07, 6.45) is -7.98. The molecule has 0 heterocycles. The molecule has 8 heteroatoms. The van der Waals surface area contributed by atoms with E-state index in [9.17, 15) is 30.0 Å². The van der Waals surface area contributed by atoms with E-state index in [1.165, 1.54) is 0 Å². The van der Waals surface area contributed by atoms with E-state index in [0.29, 0.717) is 0 Å². The quantitative estimate of drug-likeness (QED) is 0.355. The van der Waals surface area contributed by atoms with E-state index >= 15 is 0 Å². The molecule has 0 aliphatic heterocycles. The second-order valence-electron chi connectivity index (χ2n) is 7.35. The van der Waals surface area contributed by atoms with E-state index in [1.807, 2.05) is 0 Å². The number of carbonyl (C=O) groups is 2. The molecule has 0 saturated carbocycles. The molecule has 8 nitrogen and oxygen atoms in total. The Balaban J connectivity index is 4.80. The Bertz CT molecular complexity index is 361. The largest absolute Gasteiger partial charge is 0.387 e. The monoisotopic (exact) mass is 320 g/mol. The van der Waals surface area contributed by atoms with E-state index in [1.54, 1.807) is 41.5 Å². The summed E-state index contributed by atoms with van der Waals surface area (Å²) in [6.45, 7) is 10.0. The van der Waals surface area contributed by atoms with Crippen molar-refractivity contribution in [2.24, 2.45) is 0 Å². The van der Waals surface area contributed by atoms with Gasteiger partial charge in [0.05, 0.1) is 0 Å². The summed E-state index contributed by atoms with van der Waals surface area (Å²) in [4.78, 5) is 23.4. The van der Waals surface area contributed by atoms with Crippen molar-refractivity contribution in [2.75, 3.05) is 0 Å². The third-order valence-electron chi connectivity index (χ3n) is 2.53. The van der Waals surface area contributed by atoms with Crippen molar-refractivity contribution in [3.05, 3.63) is 0 Å². The first-order valence-corrected chi connectivity index (χ1v) is 7.02. The maximum absolute atomic E-state index is 11.7. The Morgan fingerprint density at radius 3 is 1.09 bits per heavy atom. The van der Waals surface area contributed by atoms with Crippen molar-refractivity contribution in [1.82, 2.24) is 10.6 Å². The van der Waals surface area contributed by atoms with Gasteiger partial charge >= 0.3 is 0 Å². The Hall–Kier alpha value is -1.22. The highest BCUT2D eigenvalue weighted by molar-refractivity contribution is 5.83. The zero-order chi connectivity index (χ0) is 17.9. The van der Waals surface area contributed by atoms with Gasteiger partial charge in [-0.25, -0.2) is 0 Å². The summed E-state index contributed by atoms with van der Waals surface area (Å²) < 4.78 is 0. The van der Waals surface area contributed by atoms with Crippen LogP contribution in [-0.4, -0.2) is 67.7 Å². The summed E-state index contributed by atoms with van der Waals surface area (Å²) in [5.74, 6) is -1.83. The maximum atomic E-state index is 11.7. The fraction of sp³-hybridized carbons (Fsp3) is 0.857. The summed E-state index contributed by atoms with van der Waals surface area (Å²) in [5, 5.41) is 43.8. The predicted molar refractivity (Wildman–Crippen MR) is 79.8 cm³/mol. The Morgan fingerprint density at radius 2 is 0.909 bits per heavy atom. The van der Waals surface area contributed by atoms with Gasteiger partial charge in [0.1, 0.15) is 12.2 Å². The standard InChI is InChI=1S/C14H28N2O6/c1-13(2,3)15-11(21)9(19)7(17)8(18)10(20)12(22)16-14(4,5)6/h7-10,17-20H,1-6H3,(H,15,21)(H,16,22)/t7-,8+,9+,10-. The van der Waals surface area contributed by atoms with E-state index in [0.717, 1.165) is 0 Å². The molecule has 0 radical (unpaired) electrons. The zero-order valence-corrected chi connectivity index (χ0v) is 13.9. The molecule has 0 spiro atoms. The molecule has 6 N–H and O–H groups in total. The molecule has 0 aromatic rings. The SMILES string of the molecule is CC(C)(C)NC(=O)[C@@H](O)[C@H](O)[C@H](O)[C@@H](O)C(=O)NC(C)(C)C. The molecule has 4 atom stereocenters. The first kappa shape index (κ1) is 20.8. The molecule has 0 fully saturated rings. The van der Waals surface area contributed by atoms with Crippen molar-refractivity contribution in [3.63, 3.8) is 0 Å². The smallest absolute Gasteiger partial charge is 0.252 e. The summed E-state index contributed by atoms with van der Waals surface area (Å²) in [6, 6.07) is 0. The number of aliphatic hydroxyl groups excluding tert-OH is 4. The van der Waals surface area contributed by atoms with Gasteiger partial charge in [-0.1, -0.05) is 0 Å². The zero-order valence-electron chi connectivity index (χ0n) is 13.9. The Kier molecular flexibility index (Phi) is 6.96. The number of nitrogens with one attached hydrogen (secondary N) is 2. The number of rotatable bonds is 5. The fourth-order valence-electron chi connectivity index (χ4n) is 1.57. The van der Waals surface area contributed by atoms with Crippen LogP contribution < -0.4 is 10.6 Å². The van der Waals surface area contributed by atoms with Crippen molar-refractivity contribution in [2.45, 2.75) is 77.0 Å². The number of amides is 2. The number of hydrogen-bond donors (Lipinski definition) is 6. The fourth-order valence-corrected chi connectivity index (χ4v) is 1.57. The highest BCUT2D eigenvalue weighted by atomic mass is 16.4. The summed E-state index contributed by atoms with van der Waals surface area (Å²) in [5.41, 5.74) is -1.30. The molecule has 0 saturated heterocycles. The molecular weight excluding hydrogens is 292 g/mol. The maximum Gasteiger partial charge on any atom is 0.252 e. The molecule has 22 heavy (non-hydrogen) atoms. The van der Waals surface area contributed by atoms with Crippen LogP contribution >= 0.6 is 0 Å². The molecule has 2 amide bonds. The normalized spacial score (nSPS) is 18.1. The Labute approximate surface area is 130 Å². The van der Waals surface area contributed by atoms with Crippen molar-refractivity contribution < 1.29 is 30.0 Å². The van der Waals surface area contributed by atoms with E-state index in [-0.39, 0.29) is 0 Å². The van der Waals surface area contributed by atoms with Crippen LogP contribution in [0.25, 0.3) is 0 Å². The van der Waals surface area contributed by atoms with Crippen LogP contribution in [0, 0.1) is 0 Å².